The molecule has 3 heterocycles. The van der Waals surface area contributed by atoms with E-state index in [1.165, 1.54) is 13.8 Å². The quantitative estimate of drug-likeness (QED) is 0.0878. The van der Waals surface area contributed by atoms with Gasteiger partial charge in [-0.05, 0) is 129 Å². The molecule has 11 N–H and O–H groups in total. The van der Waals surface area contributed by atoms with Crippen molar-refractivity contribution in [3.8, 4) is 0 Å². The van der Waals surface area contributed by atoms with Crippen LogP contribution in [0.4, 0.5) is 0 Å². The molecule has 0 bridgehead atoms. The molecule has 21 heteroatoms. The fraction of sp³-hybridized carbons (Fsp3) is 0.900. The molecule has 5 aliphatic carbocycles. The highest BCUT2D eigenvalue weighted by molar-refractivity contribution is 5.79. The van der Waals surface area contributed by atoms with Crippen LogP contribution in [0.5, 0.6) is 0 Å². The molecule has 8 rings (SSSR count). The van der Waals surface area contributed by atoms with E-state index < -0.39 is 146 Å². The number of rotatable bonds is 12. The summed E-state index contributed by atoms with van der Waals surface area (Å²) < 4.78 is 40.3. The first kappa shape index (κ1) is 54.8. The van der Waals surface area contributed by atoms with Gasteiger partial charge in [-0.15, -0.1) is 0 Å². The predicted molar refractivity (Wildman–Crippen MR) is 242 cm³/mol. The van der Waals surface area contributed by atoms with Crippen molar-refractivity contribution in [1.82, 2.24) is 0 Å². The molecule has 0 unspecified atom stereocenters. The minimum absolute atomic E-state index is 0.0664. The maximum atomic E-state index is 15.0. The van der Waals surface area contributed by atoms with Crippen molar-refractivity contribution in [3.05, 3.63) is 12.2 Å². The molecular formula is C50H78O21. The van der Waals surface area contributed by atoms with E-state index in [1.54, 1.807) is 6.92 Å². The standard InChI is InChI=1S/C50H78O21/c1-21(18-51)24-10-15-50(17-16-47(5)25(31(24)50)8-9-28-46(4)13-12-30(67-23(3)53)49(7,44(62)63)29(46)11-14-48(28,47)6)45(64)71-43-38(60)35(57)33(55)27(69-43)20-65-41-39(61)36(58)40(26(19-52)68-41)70-42-37(59)34(56)32(54)22(2)66-42/h22,24-43,51-52,54-61H,1,8-20H2,2-7H3,(H,62,63)/t22-,24-,25+,26+,27+,28+,29+,30+,31-,32-,33+,34+,35-,36-,37+,38+,39+,40+,41+,42-,43-,46+,47+,48+,49-,50-/m0/s1. The van der Waals surface area contributed by atoms with Crippen LogP contribution in [-0.2, 0) is 47.5 Å². The van der Waals surface area contributed by atoms with Crippen LogP contribution in [-0.4, -0.2) is 192 Å². The number of esters is 2. The first-order chi connectivity index (χ1) is 33.3. The fourth-order valence-corrected chi connectivity index (χ4v) is 16.1. The highest BCUT2D eigenvalue weighted by atomic mass is 16.8. The van der Waals surface area contributed by atoms with Gasteiger partial charge in [-0.2, -0.15) is 0 Å². The minimum Gasteiger partial charge on any atom is -0.481 e. The second-order valence-corrected chi connectivity index (χ2v) is 23.3. The maximum absolute atomic E-state index is 15.0. The van der Waals surface area contributed by atoms with Crippen molar-refractivity contribution in [2.24, 2.45) is 56.7 Å². The zero-order valence-electron chi connectivity index (χ0n) is 41.5. The summed E-state index contributed by atoms with van der Waals surface area (Å²) in [4.78, 5) is 40.5. The first-order valence-corrected chi connectivity index (χ1v) is 25.5. The van der Waals surface area contributed by atoms with E-state index in [1.807, 2.05) is 0 Å². The number of aliphatic carboxylic acids is 1. The molecule has 0 amide bonds. The second-order valence-electron chi connectivity index (χ2n) is 23.3. The first-order valence-electron chi connectivity index (χ1n) is 25.5. The Kier molecular flexibility index (Phi) is 15.4. The van der Waals surface area contributed by atoms with Gasteiger partial charge in [-0.3, -0.25) is 14.4 Å². The van der Waals surface area contributed by atoms with Gasteiger partial charge >= 0.3 is 17.9 Å². The summed E-state index contributed by atoms with van der Waals surface area (Å²) in [6.07, 6.45) is -19.8. The summed E-state index contributed by atoms with van der Waals surface area (Å²) in [5, 5.41) is 118. The number of carboxylic acids is 1. The number of hydrogen-bond donors (Lipinski definition) is 11. The van der Waals surface area contributed by atoms with Gasteiger partial charge in [0, 0.05) is 6.92 Å². The van der Waals surface area contributed by atoms with Gasteiger partial charge in [-0.25, -0.2) is 0 Å². The van der Waals surface area contributed by atoms with Gasteiger partial charge in [0.25, 0.3) is 0 Å². The zero-order chi connectivity index (χ0) is 52.1. The molecule has 21 nitrogen and oxygen atoms in total. The fourth-order valence-electron chi connectivity index (χ4n) is 16.1. The van der Waals surface area contributed by atoms with Crippen LogP contribution in [0.25, 0.3) is 0 Å². The van der Waals surface area contributed by atoms with Gasteiger partial charge in [-0.1, -0.05) is 27.4 Å². The van der Waals surface area contributed by atoms with E-state index in [0.717, 1.165) is 6.42 Å². The van der Waals surface area contributed by atoms with Crippen molar-refractivity contribution >= 4 is 17.9 Å². The maximum Gasteiger partial charge on any atom is 0.314 e. The normalized spacial score (nSPS) is 52.8. The van der Waals surface area contributed by atoms with Gasteiger partial charge in [0.2, 0.25) is 6.29 Å². The summed E-state index contributed by atoms with van der Waals surface area (Å²) >= 11 is 0. The number of aliphatic hydroxyl groups excluding tert-OH is 10. The van der Waals surface area contributed by atoms with Gasteiger partial charge in [0.05, 0.1) is 31.3 Å². The molecule has 0 spiro atoms. The van der Waals surface area contributed by atoms with Crippen molar-refractivity contribution in [3.63, 3.8) is 0 Å². The lowest BCUT2D eigenvalue weighted by Crippen LogP contribution is -2.68. The predicted octanol–water partition coefficient (Wildman–Crippen LogP) is -0.368. The number of carboxylic acid groups (broad SMARTS) is 1. The summed E-state index contributed by atoms with van der Waals surface area (Å²) in [5.74, 6) is -2.99. The molecule has 3 aliphatic heterocycles. The number of carbonyl (C=O) groups excluding carboxylic acids is 2. The molecule has 0 aromatic heterocycles. The van der Waals surface area contributed by atoms with Crippen LogP contribution in [0.2, 0.25) is 0 Å². The summed E-state index contributed by atoms with van der Waals surface area (Å²) in [5.41, 5.74) is -2.88. The molecule has 0 aromatic carbocycles. The molecule has 404 valence electrons. The van der Waals surface area contributed by atoms with Gasteiger partial charge < -0.3 is 89.3 Å². The molecule has 0 aromatic rings. The Hall–Kier alpha value is -2.45. The number of carbonyl (C=O) groups is 3. The van der Waals surface area contributed by atoms with Crippen molar-refractivity contribution in [2.75, 3.05) is 19.8 Å². The average molecular weight is 1020 g/mol. The lowest BCUT2D eigenvalue weighted by molar-refractivity contribution is -0.361. The Morgan fingerprint density at radius 2 is 1.30 bits per heavy atom. The SMILES string of the molecule is C=C(CO)[C@@H]1CC[C@]2(C(=O)O[C@@H]3O[C@H](CO[C@@H]4O[C@H](CO)[C@@H](O[C@@H]5O[C@@H](C)[C@H](O)[C@@H](O)[C@H]5O)[C@@H](O)[C@H]4O)[C@@H](O)[C@H](O)[C@H]3O)CC[C@]3(C)[C@H](CC[C@@H]4[C@@]5(C)CC[C@@H](OC(C)=O)[C@@](C)(C(=O)O)[C@@H]5CC[C@]43C)[C@H]12. The average Bonchev–Trinajstić information content (AvgIpc) is 3.73. The van der Waals surface area contributed by atoms with Crippen LogP contribution in [0.15, 0.2) is 12.2 Å². The number of ether oxygens (including phenoxy) is 7. The topological polar surface area (TPSA) is 338 Å². The van der Waals surface area contributed by atoms with E-state index in [9.17, 15) is 65.8 Å². The zero-order valence-corrected chi connectivity index (χ0v) is 41.5. The molecular weight excluding hydrogens is 937 g/mol. The molecule has 26 atom stereocenters. The Morgan fingerprint density at radius 3 is 1.94 bits per heavy atom. The van der Waals surface area contributed by atoms with Crippen molar-refractivity contribution in [1.29, 1.82) is 0 Å². The summed E-state index contributed by atoms with van der Waals surface area (Å²) in [7, 11) is 0. The lowest BCUT2D eigenvalue weighted by Gasteiger charge is -2.72. The van der Waals surface area contributed by atoms with Crippen LogP contribution in [0.1, 0.15) is 106 Å². The highest BCUT2D eigenvalue weighted by Crippen LogP contribution is 2.78. The Balaban J connectivity index is 0.982. The molecule has 5 saturated carbocycles. The summed E-state index contributed by atoms with van der Waals surface area (Å²) in [6.45, 7) is 13.8. The largest absolute Gasteiger partial charge is 0.481 e. The van der Waals surface area contributed by atoms with E-state index >= 15 is 4.79 Å². The summed E-state index contributed by atoms with van der Waals surface area (Å²) in [6, 6.07) is 0. The Morgan fingerprint density at radius 1 is 0.648 bits per heavy atom. The second kappa shape index (κ2) is 19.9. The molecule has 3 saturated heterocycles. The highest BCUT2D eigenvalue weighted by Gasteiger charge is 2.74. The molecule has 8 aliphatic rings. The molecule has 71 heavy (non-hydrogen) atoms. The molecule has 8 fully saturated rings. The minimum atomic E-state index is -1.91. The van der Waals surface area contributed by atoms with Crippen LogP contribution in [0, 0.1) is 56.7 Å². The van der Waals surface area contributed by atoms with Crippen LogP contribution < -0.4 is 0 Å². The lowest BCUT2D eigenvalue weighted by atomic mass is 9.32. The smallest absolute Gasteiger partial charge is 0.314 e. The van der Waals surface area contributed by atoms with E-state index in [-0.39, 0.29) is 47.0 Å². The van der Waals surface area contributed by atoms with Gasteiger partial charge in [0.1, 0.15) is 78.7 Å². The van der Waals surface area contributed by atoms with E-state index in [0.29, 0.717) is 63.4 Å². The van der Waals surface area contributed by atoms with Crippen LogP contribution >= 0.6 is 0 Å². The number of fused-ring (bicyclic) bond motifs is 7. The molecule has 0 radical (unpaired) electrons. The van der Waals surface area contributed by atoms with Gasteiger partial charge in [0.15, 0.2) is 12.6 Å². The van der Waals surface area contributed by atoms with E-state index in [4.69, 9.17) is 33.2 Å². The number of aliphatic hydroxyl groups is 10. The Bertz CT molecular complexity index is 1990. The number of hydrogen-bond acceptors (Lipinski definition) is 20. The Labute approximate surface area is 413 Å². The third-order valence-electron chi connectivity index (χ3n) is 20.2. The van der Waals surface area contributed by atoms with E-state index in [2.05, 4.69) is 27.4 Å². The third kappa shape index (κ3) is 8.62. The van der Waals surface area contributed by atoms with Crippen LogP contribution in [0.3, 0.4) is 0 Å². The monoisotopic (exact) mass is 1010 g/mol. The third-order valence-corrected chi connectivity index (χ3v) is 20.2. The van der Waals surface area contributed by atoms with Crippen molar-refractivity contribution < 1.29 is 104 Å². The van der Waals surface area contributed by atoms with Crippen molar-refractivity contribution in [2.45, 2.75) is 204 Å².